The Morgan fingerprint density at radius 2 is 1.67 bits per heavy atom. The molecule has 3 rings (SSSR count). The molecule has 0 aliphatic heterocycles. The second-order valence-electron chi connectivity index (χ2n) is 9.61. The molecule has 0 atom stereocenters. The molecule has 3 aromatic rings. The molecule has 0 radical (unpaired) electrons. The number of rotatable bonds is 7. The lowest BCUT2D eigenvalue weighted by Gasteiger charge is -2.22. The smallest absolute Gasteiger partial charge is 0.241 e. The van der Waals surface area contributed by atoms with Gasteiger partial charge in [-0.1, -0.05) is 12.1 Å². The Kier molecular flexibility index (Phi) is 8.50. The zero-order valence-electron chi connectivity index (χ0n) is 21.1. The van der Waals surface area contributed by atoms with Gasteiger partial charge in [0.2, 0.25) is 15.9 Å². The first-order chi connectivity index (χ1) is 16.7. The van der Waals surface area contributed by atoms with Crippen LogP contribution in [-0.4, -0.2) is 36.0 Å². The molecule has 0 fully saturated rings. The predicted molar refractivity (Wildman–Crippen MR) is 152 cm³/mol. The Bertz CT molecular complexity index is 1360. The number of anilines is 2. The summed E-state index contributed by atoms with van der Waals surface area (Å²) in [6, 6.07) is 12.6. The molecular weight excluding hydrogens is 515 g/mol. The van der Waals surface area contributed by atoms with Gasteiger partial charge in [0.1, 0.15) is 5.01 Å². The molecule has 1 heterocycles. The number of hydrogen-bond acceptors (Lipinski definition) is 6. The van der Waals surface area contributed by atoms with Gasteiger partial charge in [0, 0.05) is 41.6 Å². The standard InChI is InChI=1S/C25H31N5O3S3/c1-15(2)27-24(34)29-19-11-12-20(22(13-19)36(32,33)30-25(4,5)6)23-26-14-21(35-23)17-7-9-18(10-8-17)28-16(3)31/h7-15,30H,1-6H3,(H,28,31)(H2,27,29,34). The van der Waals surface area contributed by atoms with E-state index in [1.54, 1.807) is 45.2 Å². The molecule has 8 nitrogen and oxygen atoms in total. The Balaban J connectivity index is 2.00. The molecular formula is C25H31N5O3S3. The van der Waals surface area contributed by atoms with Crippen molar-refractivity contribution in [1.82, 2.24) is 15.0 Å². The van der Waals surface area contributed by atoms with E-state index >= 15 is 0 Å². The van der Waals surface area contributed by atoms with Crippen LogP contribution in [0.15, 0.2) is 53.6 Å². The Hall–Kier alpha value is -2.86. The number of hydrogen-bond donors (Lipinski definition) is 4. The van der Waals surface area contributed by atoms with E-state index in [-0.39, 0.29) is 16.8 Å². The van der Waals surface area contributed by atoms with Crippen LogP contribution in [0, 0.1) is 0 Å². The molecule has 4 N–H and O–H groups in total. The van der Waals surface area contributed by atoms with Crippen LogP contribution in [0.1, 0.15) is 41.5 Å². The molecule has 0 bridgehead atoms. The lowest BCUT2D eigenvalue weighted by Crippen LogP contribution is -2.40. The number of nitrogens with one attached hydrogen (secondary N) is 4. The van der Waals surface area contributed by atoms with Gasteiger partial charge in [-0.3, -0.25) is 4.79 Å². The molecule has 0 unspecified atom stereocenters. The second kappa shape index (κ2) is 11.0. The minimum atomic E-state index is -3.88. The van der Waals surface area contributed by atoms with Crippen LogP contribution in [0.2, 0.25) is 0 Å². The van der Waals surface area contributed by atoms with E-state index in [2.05, 4.69) is 25.7 Å². The predicted octanol–water partition coefficient (Wildman–Crippen LogP) is 5.21. The highest BCUT2D eigenvalue weighted by molar-refractivity contribution is 7.89. The van der Waals surface area contributed by atoms with E-state index in [0.29, 0.717) is 27.1 Å². The van der Waals surface area contributed by atoms with Crippen molar-refractivity contribution in [2.75, 3.05) is 10.6 Å². The number of benzene rings is 2. The van der Waals surface area contributed by atoms with E-state index in [4.69, 9.17) is 12.2 Å². The minimum Gasteiger partial charge on any atom is -0.360 e. The maximum absolute atomic E-state index is 13.4. The molecule has 192 valence electrons. The normalized spacial score (nSPS) is 11.9. The van der Waals surface area contributed by atoms with E-state index < -0.39 is 15.6 Å². The van der Waals surface area contributed by atoms with Gasteiger partial charge in [0.15, 0.2) is 5.11 Å². The largest absolute Gasteiger partial charge is 0.360 e. The van der Waals surface area contributed by atoms with Crippen molar-refractivity contribution in [2.45, 2.75) is 58.0 Å². The van der Waals surface area contributed by atoms with Crippen molar-refractivity contribution in [3.8, 4) is 21.0 Å². The molecule has 1 aromatic heterocycles. The fraction of sp³-hybridized carbons (Fsp3) is 0.320. The maximum Gasteiger partial charge on any atom is 0.241 e. The van der Waals surface area contributed by atoms with Crippen LogP contribution in [0.3, 0.4) is 0 Å². The van der Waals surface area contributed by atoms with E-state index in [1.807, 2.05) is 38.1 Å². The summed E-state index contributed by atoms with van der Waals surface area (Å²) in [6.07, 6.45) is 1.72. The van der Waals surface area contributed by atoms with Gasteiger partial charge < -0.3 is 16.0 Å². The number of aromatic nitrogens is 1. The number of carbonyl (C=O) groups is 1. The summed E-state index contributed by atoms with van der Waals surface area (Å²) >= 11 is 6.72. The average molecular weight is 546 g/mol. The van der Waals surface area contributed by atoms with Crippen molar-refractivity contribution >= 4 is 56.0 Å². The zero-order chi connectivity index (χ0) is 26.7. The molecule has 0 saturated carbocycles. The number of amides is 1. The van der Waals surface area contributed by atoms with Gasteiger partial charge in [-0.15, -0.1) is 11.3 Å². The average Bonchev–Trinajstić information content (AvgIpc) is 3.21. The molecule has 36 heavy (non-hydrogen) atoms. The Labute approximate surface area is 222 Å². The van der Waals surface area contributed by atoms with Crippen molar-refractivity contribution in [3.63, 3.8) is 0 Å². The third-order valence-electron chi connectivity index (χ3n) is 4.62. The van der Waals surface area contributed by atoms with E-state index in [9.17, 15) is 13.2 Å². The number of sulfonamides is 1. The molecule has 0 spiro atoms. The summed E-state index contributed by atoms with van der Waals surface area (Å²) in [7, 11) is -3.88. The summed E-state index contributed by atoms with van der Waals surface area (Å²) in [5.41, 5.74) is 1.99. The summed E-state index contributed by atoms with van der Waals surface area (Å²) in [5, 5.41) is 9.87. The highest BCUT2D eigenvalue weighted by Crippen LogP contribution is 2.37. The topological polar surface area (TPSA) is 112 Å². The van der Waals surface area contributed by atoms with Crippen molar-refractivity contribution in [2.24, 2.45) is 0 Å². The SMILES string of the molecule is CC(=O)Nc1ccc(-c2cnc(-c3ccc(NC(=S)NC(C)C)cc3S(=O)(=O)NC(C)(C)C)s2)cc1. The van der Waals surface area contributed by atoms with Crippen LogP contribution in [-0.2, 0) is 14.8 Å². The molecule has 1 amide bonds. The first kappa shape index (κ1) is 27.7. The monoisotopic (exact) mass is 545 g/mol. The summed E-state index contributed by atoms with van der Waals surface area (Å²) < 4.78 is 29.6. The summed E-state index contributed by atoms with van der Waals surface area (Å²) in [6.45, 7) is 10.8. The number of thiocarbonyl (C=S) groups is 1. The highest BCUT2D eigenvalue weighted by atomic mass is 32.2. The van der Waals surface area contributed by atoms with Crippen molar-refractivity contribution in [1.29, 1.82) is 0 Å². The Morgan fingerprint density at radius 3 is 2.25 bits per heavy atom. The third kappa shape index (κ3) is 7.57. The van der Waals surface area contributed by atoms with Crippen LogP contribution in [0.25, 0.3) is 21.0 Å². The van der Waals surface area contributed by atoms with Gasteiger partial charge in [-0.25, -0.2) is 18.1 Å². The van der Waals surface area contributed by atoms with Crippen LogP contribution < -0.4 is 20.7 Å². The van der Waals surface area contributed by atoms with Crippen molar-refractivity contribution in [3.05, 3.63) is 48.7 Å². The lowest BCUT2D eigenvalue weighted by molar-refractivity contribution is -0.114. The molecule has 11 heteroatoms. The summed E-state index contributed by atoms with van der Waals surface area (Å²) in [5.74, 6) is -0.140. The second-order valence-corrected chi connectivity index (χ2v) is 12.7. The number of carbonyl (C=O) groups excluding carboxylic acids is 1. The van der Waals surface area contributed by atoms with Crippen LogP contribution in [0.4, 0.5) is 11.4 Å². The fourth-order valence-electron chi connectivity index (χ4n) is 3.34. The molecule has 2 aromatic carbocycles. The minimum absolute atomic E-state index is 0.108. The molecule has 0 aliphatic rings. The maximum atomic E-state index is 13.4. The van der Waals surface area contributed by atoms with Gasteiger partial charge in [-0.2, -0.15) is 0 Å². The first-order valence-electron chi connectivity index (χ1n) is 11.3. The lowest BCUT2D eigenvalue weighted by atomic mass is 10.1. The quantitative estimate of drug-likeness (QED) is 0.302. The first-order valence-corrected chi connectivity index (χ1v) is 14.0. The van der Waals surface area contributed by atoms with Gasteiger partial charge in [-0.05, 0) is 82.7 Å². The number of nitrogens with zero attached hydrogens (tertiary/aromatic N) is 1. The Morgan fingerprint density at radius 1 is 1.03 bits per heavy atom. The fourth-order valence-corrected chi connectivity index (χ4v) is 6.37. The van der Waals surface area contributed by atoms with Gasteiger partial charge in [0.05, 0.1) is 9.77 Å². The molecule has 0 aliphatic carbocycles. The number of thiazole rings is 1. The highest BCUT2D eigenvalue weighted by Gasteiger charge is 2.27. The summed E-state index contributed by atoms with van der Waals surface area (Å²) in [4.78, 5) is 16.8. The molecule has 0 saturated heterocycles. The van der Waals surface area contributed by atoms with Crippen molar-refractivity contribution < 1.29 is 13.2 Å². The third-order valence-corrected chi connectivity index (χ3v) is 7.71. The zero-order valence-corrected chi connectivity index (χ0v) is 23.5. The van der Waals surface area contributed by atoms with Crippen LogP contribution in [0.5, 0.6) is 0 Å². The van der Waals surface area contributed by atoms with Crippen LogP contribution >= 0.6 is 23.6 Å². The van der Waals surface area contributed by atoms with E-state index in [0.717, 1.165) is 10.4 Å². The van der Waals surface area contributed by atoms with Gasteiger partial charge >= 0.3 is 0 Å². The van der Waals surface area contributed by atoms with E-state index in [1.165, 1.54) is 18.3 Å². The van der Waals surface area contributed by atoms with Gasteiger partial charge in [0.25, 0.3) is 0 Å².